The van der Waals surface area contributed by atoms with Gasteiger partial charge in [0.1, 0.15) is 12.1 Å². The quantitative estimate of drug-likeness (QED) is 0.0800. The average molecular weight is 619 g/mol. The molecule has 1 aromatic carbocycles. The maximum absolute atomic E-state index is 13.0. The normalized spacial score (nSPS) is 13.3. The Labute approximate surface area is 249 Å². The Kier molecular flexibility index (Phi) is 17.7. The van der Waals surface area contributed by atoms with Crippen LogP contribution in [-0.2, 0) is 35.0 Å². The number of carbonyl (C=O) groups is 4. The second-order valence-electron chi connectivity index (χ2n) is 9.66. The molecule has 226 valence electrons. The molecule has 0 aliphatic carbocycles. The lowest BCUT2D eigenvalue weighted by Gasteiger charge is -2.23. The Morgan fingerprint density at radius 2 is 1.68 bits per heavy atom. The van der Waals surface area contributed by atoms with Gasteiger partial charge in [-0.2, -0.15) is 11.8 Å². The van der Waals surface area contributed by atoms with E-state index in [1.165, 1.54) is 17.7 Å². The number of thioether (sulfide) groups is 1. The lowest BCUT2D eigenvalue weighted by molar-refractivity contribution is -0.167. The topological polar surface area (TPSA) is 129 Å². The molecule has 2 unspecified atom stereocenters. The number of rotatable bonds is 17. The zero-order chi connectivity index (χ0) is 30.0. The van der Waals surface area contributed by atoms with Crippen molar-refractivity contribution in [3.8, 4) is 0 Å². The fourth-order valence-electron chi connectivity index (χ4n) is 3.16. The summed E-state index contributed by atoms with van der Waals surface area (Å²) in [6.45, 7) is 8.24. The highest BCUT2D eigenvalue weighted by atomic mass is 33.1. The summed E-state index contributed by atoms with van der Waals surface area (Å²) in [6.07, 6.45) is 0.763. The molecule has 1 aromatic rings. The molecular formula is C27H42N2O8S3. The number of benzene rings is 1. The Hall–Kier alpha value is -2.25. The van der Waals surface area contributed by atoms with Crippen molar-refractivity contribution in [2.24, 2.45) is 5.92 Å². The summed E-state index contributed by atoms with van der Waals surface area (Å²) in [4.78, 5) is 48.8. The first-order valence-electron chi connectivity index (χ1n) is 13.0. The van der Waals surface area contributed by atoms with Crippen LogP contribution in [0.5, 0.6) is 0 Å². The van der Waals surface area contributed by atoms with E-state index in [1.807, 2.05) is 57.4 Å². The summed E-state index contributed by atoms with van der Waals surface area (Å²) in [7, 11) is 3.11. The Morgan fingerprint density at radius 1 is 1.00 bits per heavy atom. The number of esters is 1. The lowest BCUT2D eigenvalue weighted by Crippen LogP contribution is -2.40. The molecule has 1 rings (SSSR count). The molecule has 0 fully saturated rings. The molecule has 3 atom stereocenters. The number of amides is 2. The SMILES string of the molecule is CCOC(=O)O[C@@H](C)OC(=O)CNC(=O)C(CSSCC(CCSC)NC(=O)OC(C)(C)C)Cc1ccccc1. The number of ether oxygens (including phenoxy) is 4. The van der Waals surface area contributed by atoms with E-state index in [9.17, 15) is 19.2 Å². The van der Waals surface area contributed by atoms with E-state index in [-0.39, 0.29) is 25.1 Å². The molecule has 10 nitrogen and oxygen atoms in total. The predicted octanol–water partition coefficient (Wildman–Crippen LogP) is 5.05. The van der Waals surface area contributed by atoms with Crippen LogP contribution in [0.25, 0.3) is 0 Å². The summed E-state index contributed by atoms with van der Waals surface area (Å²) >= 11 is 1.71. The van der Waals surface area contributed by atoms with Crippen molar-refractivity contribution < 1.29 is 38.1 Å². The van der Waals surface area contributed by atoms with Gasteiger partial charge in [0.2, 0.25) is 12.2 Å². The smallest absolute Gasteiger partial charge is 0.444 e. The van der Waals surface area contributed by atoms with Crippen LogP contribution in [0, 0.1) is 5.92 Å². The van der Waals surface area contributed by atoms with E-state index in [1.54, 1.807) is 29.5 Å². The summed E-state index contributed by atoms with van der Waals surface area (Å²) in [6, 6.07) is 9.55. The van der Waals surface area contributed by atoms with Gasteiger partial charge in [0.05, 0.1) is 12.5 Å². The maximum atomic E-state index is 13.0. The van der Waals surface area contributed by atoms with Crippen LogP contribution in [0.2, 0.25) is 0 Å². The van der Waals surface area contributed by atoms with Gasteiger partial charge in [0, 0.05) is 24.5 Å². The molecular weight excluding hydrogens is 577 g/mol. The van der Waals surface area contributed by atoms with Crippen LogP contribution >= 0.6 is 33.3 Å². The maximum Gasteiger partial charge on any atom is 0.511 e. The summed E-state index contributed by atoms with van der Waals surface area (Å²) in [5.41, 5.74) is 0.420. The van der Waals surface area contributed by atoms with Crippen molar-refractivity contribution in [2.45, 2.75) is 65.4 Å². The highest BCUT2D eigenvalue weighted by molar-refractivity contribution is 8.76. The molecule has 0 saturated carbocycles. The van der Waals surface area contributed by atoms with Crippen molar-refractivity contribution in [1.29, 1.82) is 0 Å². The van der Waals surface area contributed by atoms with Gasteiger partial charge in [-0.25, -0.2) is 9.59 Å². The van der Waals surface area contributed by atoms with E-state index in [4.69, 9.17) is 14.2 Å². The minimum atomic E-state index is -1.15. The van der Waals surface area contributed by atoms with Crippen molar-refractivity contribution in [1.82, 2.24) is 10.6 Å². The van der Waals surface area contributed by atoms with Crippen molar-refractivity contribution >= 4 is 57.5 Å². The van der Waals surface area contributed by atoms with Gasteiger partial charge >= 0.3 is 18.2 Å². The Bertz CT molecular complexity index is 915. The summed E-state index contributed by atoms with van der Waals surface area (Å²) in [5, 5.41) is 5.58. The van der Waals surface area contributed by atoms with Gasteiger partial charge < -0.3 is 29.6 Å². The molecule has 0 aromatic heterocycles. The van der Waals surface area contributed by atoms with Crippen LogP contribution in [-0.4, -0.2) is 78.7 Å². The number of alkyl carbamates (subject to hydrolysis) is 1. The van der Waals surface area contributed by atoms with E-state index in [0.717, 1.165) is 17.7 Å². The molecule has 13 heteroatoms. The summed E-state index contributed by atoms with van der Waals surface area (Å²) in [5.74, 6) is 0.586. The molecule has 0 aliphatic heterocycles. The first-order valence-corrected chi connectivity index (χ1v) is 16.9. The van der Waals surface area contributed by atoms with Gasteiger partial charge in [0.25, 0.3) is 0 Å². The molecule has 2 amide bonds. The van der Waals surface area contributed by atoms with Gasteiger partial charge in [-0.3, -0.25) is 9.59 Å². The van der Waals surface area contributed by atoms with Crippen LogP contribution < -0.4 is 10.6 Å². The minimum Gasteiger partial charge on any atom is -0.444 e. The number of hydrogen-bond acceptors (Lipinski definition) is 11. The Morgan fingerprint density at radius 3 is 2.30 bits per heavy atom. The largest absolute Gasteiger partial charge is 0.511 e. The van der Waals surface area contributed by atoms with Crippen molar-refractivity contribution in [3.05, 3.63) is 35.9 Å². The highest BCUT2D eigenvalue weighted by Crippen LogP contribution is 2.27. The van der Waals surface area contributed by atoms with Crippen LogP contribution in [0.4, 0.5) is 9.59 Å². The molecule has 0 aliphatic rings. The molecule has 0 heterocycles. The third kappa shape index (κ3) is 17.4. The van der Waals surface area contributed by atoms with E-state index >= 15 is 0 Å². The molecule has 2 N–H and O–H groups in total. The van der Waals surface area contributed by atoms with E-state index in [0.29, 0.717) is 17.9 Å². The standard InChI is InChI=1S/C27H42N2O8S3/c1-7-34-26(33)36-19(2)35-23(30)16-28-24(31)21(15-20-11-9-8-10-12-20)17-39-40-18-22(13-14-38-6)29-25(32)37-27(3,4)5/h8-12,19,21-22H,7,13-18H2,1-6H3,(H,28,31)(H,29,32)/t19-,21?,22?/m0/s1. The first kappa shape index (κ1) is 35.8. The zero-order valence-electron chi connectivity index (χ0n) is 24.1. The minimum absolute atomic E-state index is 0.0743. The second-order valence-corrected chi connectivity index (χ2v) is 13.2. The van der Waals surface area contributed by atoms with Gasteiger partial charge in [-0.05, 0) is 58.1 Å². The van der Waals surface area contributed by atoms with Gasteiger partial charge in [-0.15, -0.1) is 0 Å². The summed E-state index contributed by atoms with van der Waals surface area (Å²) < 4.78 is 19.8. The third-order valence-electron chi connectivity index (χ3n) is 4.94. The monoisotopic (exact) mass is 618 g/mol. The molecule has 40 heavy (non-hydrogen) atoms. The highest BCUT2D eigenvalue weighted by Gasteiger charge is 2.23. The lowest BCUT2D eigenvalue weighted by atomic mass is 10.0. The fourth-order valence-corrected chi connectivity index (χ4v) is 6.28. The number of hydrogen-bond donors (Lipinski definition) is 2. The van der Waals surface area contributed by atoms with E-state index in [2.05, 4.69) is 15.4 Å². The van der Waals surface area contributed by atoms with Crippen LogP contribution in [0.3, 0.4) is 0 Å². The Balaban J connectivity index is 2.66. The number of nitrogens with one attached hydrogen (secondary N) is 2. The van der Waals surface area contributed by atoms with Crippen molar-refractivity contribution in [2.75, 3.05) is 36.7 Å². The molecule has 0 bridgehead atoms. The van der Waals surface area contributed by atoms with Gasteiger partial charge in [-0.1, -0.05) is 51.9 Å². The first-order chi connectivity index (χ1) is 18.9. The van der Waals surface area contributed by atoms with Crippen LogP contribution in [0.1, 0.15) is 46.6 Å². The molecule has 0 radical (unpaired) electrons. The third-order valence-corrected chi connectivity index (χ3v) is 8.14. The zero-order valence-corrected chi connectivity index (χ0v) is 26.5. The average Bonchev–Trinajstić information content (AvgIpc) is 2.86. The second kappa shape index (κ2) is 19.8. The van der Waals surface area contributed by atoms with Gasteiger partial charge in [0.15, 0.2) is 0 Å². The van der Waals surface area contributed by atoms with Crippen molar-refractivity contribution in [3.63, 3.8) is 0 Å². The van der Waals surface area contributed by atoms with E-state index < -0.39 is 36.0 Å². The fraction of sp³-hybridized carbons (Fsp3) is 0.630. The van der Waals surface area contributed by atoms with Crippen LogP contribution in [0.15, 0.2) is 30.3 Å². The molecule has 0 saturated heterocycles. The number of carbonyl (C=O) groups excluding carboxylic acids is 4. The molecule has 0 spiro atoms. The predicted molar refractivity (Wildman–Crippen MR) is 161 cm³/mol.